The number of carboxylic acid groups (broad SMARTS) is 1. The van der Waals surface area contributed by atoms with Crippen molar-refractivity contribution in [2.45, 2.75) is 18.9 Å². The monoisotopic (exact) mass is 402 g/mol. The molecule has 1 heterocycles. The van der Waals surface area contributed by atoms with E-state index in [1.807, 2.05) is 30.5 Å². The lowest BCUT2D eigenvalue weighted by molar-refractivity contribution is -0.139. The van der Waals surface area contributed by atoms with Crippen LogP contribution in [0.5, 0.6) is 5.75 Å². The Labute approximate surface area is 168 Å². The maximum absolute atomic E-state index is 10.7. The number of fused-ring (bicyclic) bond motifs is 1. The van der Waals surface area contributed by atoms with Gasteiger partial charge >= 0.3 is 5.97 Å². The van der Waals surface area contributed by atoms with Crippen LogP contribution < -0.4 is 10.1 Å². The lowest BCUT2D eigenvalue weighted by Gasteiger charge is -2.12. The third-order valence-electron chi connectivity index (χ3n) is 4.48. The van der Waals surface area contributed by atoms with Gasteiger partial charge in [0.2, 0.25) is 0 Å². The molecule has 0 saturated carbocycles. The van der Waals surface area contributed by atoms with Crippen LogP contribution in [-0.4, -0.2) is 40.9 Å². The van der Waals surface area contributed by atoms with Gasteiger partial charge in [0.05, 0.1) is 11.6 Å². The summed E-state index contributed by atoms with van der Waals surface area (Å²) in [5.74, 6) is -0.469. The minimum atomic E-state index is -1.00. The number of hydrogen-bond acceptors (Lipinski definition) is 4. The minimum absolute atomic E-state index is 0.369. The number of carboxylic acids is 1. The Hall–Kier alpha value is -2.54. The number of aliphatic hydroxyl groups excluding tert-OH is 1. The minimum Gasteiger partial charge on any atom is -0.480 e. The summed E-state index contributed by atoms with van der Waals surface area (Å²) in [6.07, 6.45) is 3.08. The molecule has 148 valence electrons. The first-order valence-electron chi connectivity index (χ1n) is 9.12. The van der Waals surface area contributed by atoms with E-state index < -0.39 is 12.1 Å². The third kappa shape index (κ3) is 5.25. The highest BCUT2D eigenvalue weighted by atomic mass is 35.5. The van der Waals surface area contributed by atoms with Crippen molar-refractivity contribution in [2.24, 2.45) is 0 Å². The Morgan fingerprint density at radius 2 is 2.07 bits per heavy atom. The number of benzene rings is 2. The second kappa shape index (κ2) is 9.59. The first kappa shape index (κ1) is 20.2. The van der Waals surface area contributed by atoms with E-state index in [0.29, 0.717) is 17.3 Å². The topological polar surface area (TPSA) is 94.6 Å². The van der Waals surface area contributed by atoms with Gasteiger partial charge in [0.25, 0.3) is 0 Å². The van der Waals surface area contributed by atoms with Crippen molar-refractivity contribution in [3.8, 4) is 5.75 Å². The lowest BCUT2D eigenvalue weighted by atomic mass is 10.1. The largest absolute Gasteiger partial charge is 0.480 e. The molecule has 0 aliphatic carbocycles. The second-order valence-electron chi connectivity index (χ2n) is 6.55. The van der Waals surface area contributed by atoms with E-state index in [0.717, 1.165) is 41.4 Å². The van der Waals surface area contributed by atoms with Crippen LogP contribution in [0.2, 0.25) is 5.02 Å². The Balaban J connectivity index is 1.49. The maximum atomic E-state index is 10.7. The molecule has 2 aromatic carbocycles. The molecule has 6 nitrogen and oxygen atoms in total. The Bertz CT molecular complexity index is 941. The fourth-order valence-corrected chi connectivity index (χ4v) is 3.32. The lowest BCUT2D eigenvalue weighted by Crippen LogP contribution is -2.22. The fraction of sp³-hybridized carbons (Fsp3) is 0.286. The predicted molar refractivity (Wildman–Crippen MR) is 109 cm³/mol. The molecule has 0 amide bonds. The summed E-state index contributed by atoms with van der Waals surface area (Å²) in [6.45, 7) is 0.854. The van der Waals surface area contributed by atoms with Crippen LogP contribution >= 0.6 is 11.6 Å². The summed E-state index contributed by atoms with van der Waals surface area (Å²) in [4.78, 5) is 13.9. The summed E-state index contributed by atoms with van der Waals surface area (Å²) in [5, 5.41) is 23.9. The van der Waals surface area contributed by atoms with Crippen LogP contribution in [0.25, 0.3) is 10.9 Å². The highest BCUT2D eigenvalue weighted by Crippen LogP contribution is 2.28. The molecule has 0 spiro atoms. The molecule has 1 atom stereocenters. The number of carbonyl (C=O) groups is 1. The number of aromatic amines is 1. The van der Waals surface area contributed by atoms with E-state index in [1.165, 1.54) is 0 Å². The molecule has 0 fully saturated rings. The van der Waals surface area contributed by atoms with Gasteiger partial charge in [-0.1, -0.05) is 35.9 Å². The molecule has 0 radical (unpaired) electrons. The first-order valence-corrected chi connectivity index (χ1v) is 9.50. The normalized spacial score (nSPS) is 12.2. The van der Waals surface area contributed by atoms with Gasteiger partial charge in [0, 0.05) is 23.2 Å². The van der Waals surface area contributed by atoms with E-state index in [4.69, 9.17) is 21.4 Å². The number of ether oxygens (including phenoxy) is 1. The zero-order chi connectivity index (χ0) is 19.9. The zero-order valence-electron chi connectivity index (χ0n) is 15.3. The van der Waals surface area contributed by atoms with Crippen LogP contribution in [-0.2, 0) is 11.2 Å². The molecule has 7 heteroatoms. The summed E-state index contributed by atoms with van der Waals surface area (Å²) < 4.78 is 5.33. The molecular weight excluding hydrogens is 380 g/mol. The van der Waals surface area contributed by atoms with Gasteiger partial charge in [0.1, 0.15) is 5.75 Å². The van der Waals surface area contributed by atoms with Gasteiger partial charge in [-0.2, -0.15) is 0 Å². The highest BCUT2D eigenvalue weighted by molar-refractivity contribution is 6.30. The molecular formula is C21H23ClN2O4. The molecule has 3 rings (SSSR count). The maximum Gasteiger partial charge on any atom is 0.341 e. The molecule has 3 aromatic rings. The molecule has 0 aliphatic heterocycles. The number of aromatic nitrogens is 1. The number of aryl methyl sites for hydroxylation is 1. The predicted octanol–water partition coefficient (Wildman–Crippen LogP) is 3.54. The number of rotatable bonds is 10. The number of hydrogen-bond donors (Lipinski definition) is 4. The SMILES string of the molecule is O=C(O)COc1cccc2c(CCCNC[C@@H](O)c3cccc(Cl)c3)c[nH]c12. The van der Waals surface area contributed by atoms with Crippen molar-refractivity contribution in [2.75, 3.05) is 19.7 Å². The number of halogens is 1. The Morgan fingerprint density at radius 1 is 1.25 bits per heavy atom. The Morgan fingerprint density at radius 3 is 2.86 bits per heavy atom. The summed E-state index contributed by atoms with van der Waals surface area (Å²) in [6, 6.07) is 12.8. The molecule has 0 unspecified atom stereocenters. The molecule has 0 bridgehead atoms. The van der Waals surface area contributed by atoms with Crippen LogP contribution in [0, 0.1) is 0 Å². The van der Waals surface area contributed by atoms with Crippen molar-refractivity contribution < 1.29 is 19.7 Å². The van der Waals surface area contributed by atoms with E-state index in [9.17, 15) is 9.90 Å². The molecule has 28 heavy (non-hydrogen) atoms. The number of nitrogens with one attached hydrogen (secondary N) is 2. The van der Waals surface area contributed by atoms with Gasteiger partial charge in [-0.05, 0) is 48.7 Å². The van der Waals surface area contributed by atoms with Gasteiger partial charge in [-0.3, -0.25) is 0 Å². The van der Waals surface area contributed by atoms with E-state index >= 15 is 0 Å². The van der Waals surface area contributed by atoms with E-state index in [2.05, 4.69) is 10.3 Å². The van der Waals surface area contributed by atoms with Gasteiger partial charge < -0.3 is 25.3 Å². The van der Waals surface area contributed by atoms with Crippen molar-refractivity contribution in [1.29, 1.82) is 0 Å². The fourth-order valence-electron chi connectivity index (χ4n) is 3.13. The van der Waals surface area contributed by atoms with Crippen LogP contribution in [0.1, 0.15) is 23.7 Å². The molecule has 0 aliphatic rings. The molecule has 0 saturated heterocycles. The van der Waals surface area contributed by atoms with Crippen molar-refractivity contribution in [1.82, 2.24) is 10.3 Å². The number of para-hydroxylation sites is 1. The second-order valence-corrected chi connectivity index (χ2v) is 6.99. The van der Waals surface area contributed by atoms with Crippen molar-refractivity contribution in [3.63, 3.8) is 0 Å². The summed E-state index contributed by atoms with van der Waals surface area (Å²) in [7, 11) is 0. The number of aliphatic hydroxyl groups is 1. The van der Waals surface area contributed by atoms with E-state index in [-0.39, 0.29) is 6.61 Å². The van der Waals surface area contributed by atoms with Gasteiger partial charge in [-0.15, -0.1) is 0 Å². The molecule has 1 aromatic heterocycles. The van der Waals surface area contributed by atoms with Crippen LogP contribution in [0.3, 0.4) is 0 Å². The third-order valence-corrected chi connectivity index (χ3v) is 4.72. The number of aliphatic carboxylic acids is 1. The van der Waals surface area contributed by atoms with Crippen LogP contribution in [0.4, 0.5) is 0 Å². The molecule has 4 N–H and O–H groups in total. The first-order chi connectivity index (χ1) is 13.5. The highest BCUT2D eigenvalue weighted by Gasteiger charge is 2.10. The Kier molecular flexibility index (Phi) is 6.92. The zero-order valence-corrected chi connectivity index (χ0v) is 16.1. The number of H-pyrrole nitrogens is 1. The van der Waals surface area contributed by atoms with Crippen molar-refractivity contribution in [3.05, 3.63) is 64.8 Å². The summed E-state index contributed by atoms with van der Waals surface area (Å²) >= 11 is 5.95. The van der Waals surface area contributed by atoms with Gasteiger partial charge in [-0.25, -0.2) is 4.79 Å². The average Bonchev–Trinajstić information content (AvgIpc) is 3.09. The standard InChI is InChI=1S/C21H23ClN2O4/c22-16-6-1-4-14(10-16)18(25)12-23-9-3-5-15-11-24-21-17(15)7-2-8-19(21)28-13-20(26)27/h1-2,4,6-8,10-11,18,23-25H,3,5,9,12-13H2,(H,26,27)/t18-/m1/s1. The quantitative estimate of drug-likeness (QED) is 0.389. The summed E-state index contributed by atoms with van der Waals surface area (Å²) in [5.41, 5.74) is 2.75. The average molecular weight is 403 g/mol. The van der Waals surface area contributed by atoms with Gasteiger partial charge in [0.15, 0.2) is 6.61 Å². The van der Waals surface area contributed by atoms with Crippen LogP contribution in [0.15, 0.2) is 48.7 Å². The van der Waals surface area contributed by atoms with Crippen molar-refractivity contribution >= 4 is 28.5 Å². The van der Waals surface area contributed by atoms with E-state index in [1.54, 1.807) is 18.2 Å². The smallest absolute Gasteiger partial charge is 0.341 e.